The second-order valence-electron chi connectivity index (χ2n) is 12.8. The number of carbonyl (C=O) groups is 2. The van der Waals surface area contributed by atoms with E-state index in [0.29, 0.717) is 19.6 Å². The van der Waals surface area contributed by atoms with Gasteiger partial charge >= 0.3 is 0 Å². The minimum atomic E-state index is -0.654. The van der Waals surface area contributed by atoms with Crippen LogP contribution in [0.1, 0.15) is 66.1 Å². The zero-order valence-electron chi connectivity index (χ0n) is 25.9. The highest BCUT2D eigenvalue weighted by Crippen LogP contribution is 2.51. The van der Waals surface area contributed by atoms with Crippen LogP contribution in [0, 0.1) is 0 Å². The fourth-order valence-electron chi connectivity index (χ4n) is 7.95. The van der Waals surface area contributed by atoms with Gasteiger partial charge in [-0.3, -0.25) is 14.5 Å². The van der Waals surface area contributed by atoms with Crippen molar-refractivity contribution in [1.29, 1.82) is 0 Å². The first kappa shape index (κ1) is 29.1. The number of ether oxygens (including phenoxy) is 1. The highest BCUT2D eigenvalue weighted by Gasteiger charge is 2.48. The Hall–Kier alpha value is -3.68. The van der Waals surface area contributed by atoms with Gasteiger partial charge in [0, 0.05) is 63.7 Å². The van der Waals surface area contributed by atoms with Gasteiger partial charge < -0.3 is 19.9 Å². The standard InChI is InChI=1S/C37H44N4O3/c1-2-38-36(43)37(33-13-5-3-11-30(33)31-12-4-6-14-34(31)37)17-9-18-39-19-21-40(22-20-39)28-16-15-27-25-41(35(42)32(27)24-28)26-29-10-7-8-23-44-29/h3-6,11-16,24,29H,2,7-10,17-23,25-26H2,1H3,(H,38,43). The third kappa shape index (κ3) is 5.20. The lowest BCUT2D eigenvalue weighted by atomic mass is 9.73. The average Bonchev–Trinajstić information content (AvgIpc) is 3.53. The summed E-state index contributed by atoms with van der Waals surface area (Å²) in [4.78, 5) is 34.0. The van der Waals surface area contributed by atoms with Crippen molar-refractivity contribution in [2.24, 2.45) is 0 Å². The highest BCUT2D eigenvalue weighted by atomic mass is 16.5. The van der Waals surface area contributed by atoms with Crippen LogP contribution in [0.3, 0.4) is 0 Å². The van der Waals surface area contributed by atoms with E-state index in [1.807, 2.05) is 11.8 Å². The molecule has 7 nitrogen and oxygen atoms in total. The Balaban J connectivity index is 0.981. The number of benzene rings is 3. The number of carbonyl (C=O) groups excluding carboxylic acids is 2. The number of piperazine rings is 1. The number of rotatable bonds is 9. The molecule has 1 N–H and O–H groups in total. The Bertz CT molecular complexity index is 1480. The molecule has 0 radical (unpaired) electrons. The van der Waals surface area contributed by atoms with Gasteiger partial charge in [-0.1, -0.05) is 54.6 Å². The molecule has 1 atom stereocenters. The predicted octanol–water partition coefficient (Wildman–Crippen LogP) is 5.22. The summed E-state index contributed by atoms with van der Waals surface area (Å²) in [7, 11) is 0. The van der Waals surface area contributed by atoms with Crippen molar-refractivity contribution in [3.63, 3.8) is 0 Å². The molecule has 7 rings (SSSR count). The fraction of sp³-hybridized carbons (Fsp3) is 0.459. The average molecular weight is 593 g/mol. The summed E-state index contributed by atoms with van der Waals surface area (Å²) in [5, 5.41) is 3.17. The van der Waals surface area contributed by atoms with Gasteiger partial charge in [-0.05, 0) is 85.5 Å². The van der Waals surface area contributed by atoms with Gasteiger partial charge in [-0.25, -0.2) is 0 Å². The van der Waals surface area contributed by atoms with Crippen LogP contribution in [0.4, 0.5) is 5.69 Å². The first-order valence-electron chi connectivity index (χ1n) is 16.6. The molecule has 1 unspecified atom stereocenters. The summed E-state index contributed by atoms with van der Waals surface area (Å²) in [5.41, 5.74) is 7.10. The summed E-state index contributed by atoms with van der Waals surface area (Å²) in [5.74, 6) is 0.254. The van der Waals surface area contributed by atoms with Crippen molar-refractivity contribution < 1.29 is 14.3 Å². The molecule has 4 aliphatic rings. The molecule has 3 aromatic carbocycles. The molecule has 0 aromatic heterocycles. The van der Waals surface area contributed by atoms with Gasteiger partial charge in [0.05, 0.1) is 6.10 Å². The van der Waals surface area contributed by atoms with E-state index >= 15 is 0 Å². The lowest BCUT2D eigenvalue weighted by Crippen LogP contribution is -2.47. The Morgan fingerprint density at radius 3 is 2.34 bits per heavy atom. The number of anilines is 1. The second-order valence-corrected chi connectivity index (χ2v) is 12.8. The minimum Gasteiger partial charge on any atom is -0.376 e. The minimum absolute atomic E-state index is 0.109. The third-order valence-corrected chi connectivity index (χ3v) is 10.2. The van der Waals surface area contributed by atoms with Crippen molar-refractivity contribution in [2.75, 3.05) is 57.3 Å². The maximum absolute atomic E-state index is 13.8. The maximum Gasteiger partial charge on any atom is 0.254 e. The topological polar surface area (TPSA) is 65.1 Å². The smallest absolute Gasteiger partial charge is 0.254 e. The Kier molecular flexibility index (Phi) is 8.17. The van der Waals surface area contributed by atoms with Gasteiger partial charge in [-0.15, -0.1) is 0 Å². The summed E-state index contributed by atoms with van der Waals surface area (Å²) in [6, 6.07) is 23.3. The molecule has 3 heterocycles. The number of hydrogen-bond acceptors (Lipinski definition) is 5. The molecule has 44 heavy (non-hydrogen) atoms. The molecular weight excluding hydrogens is 548 g/mol. The van der Waals surface area contributed by atoms with Crippen LogP contribution in [-0.2, 0) is 21.5 Å². The normalized spacial score (nSPS) is 20.8. The molecule has 2 saturated heterocycles. The molecule has 7 heteroatoms. The zero-order valence-corrected chi connectivity index (χ0v) is 25.9. The maximum atomic E-state index is 13.8. The van der Waals surface area contributed by atoms with Crippen LogP contribution in [0.2, 0.25) is 0 Å². The van der Waals surface area contributed by atoms with Gasteiger partial charge in [-0.2, -0.15) is 0 Å². The van der Waals surface area contributed by atoms with Crippen LogP contribution in [0.5, 0.6) is 0 Å². The van der Waals surface area contributed by atoms with Crippen LogP contribution < -0.4 is 10.2 Å². The monoisotopic (exact) mass is 592 g/mol. The highest BCUT2D eigenvalue weighted by molar-refractivity contribution is 6.01. The van der Waals surface area contributed by atoms with Crippen LogP contribution >= 0.6 is 0 Å². The summed E-state index contributed by atoms with van der Waals surface area (Å²) >= 11 is 0. The van der Waals surface area contributed by atoms with Crippen LogP contribution in [-0.4, -0.2) is 80.1 Å². The second kappa shape index (κ2) is 12.4. The third-order valence-electron chi connectivity index (χ3n) is 10.2. The van der Waals surface area contributed by atoms with Crippen LogP contribution in [0.25, 0.3) is 11.1 Å². The Morgan fingerprint density at radius 1 is 0.932 bits per heavy atom. The lowest BCUT2D eigenvalue weighted by molar-refractivity contribution is -0.125. The number of amides is 2. The van der Waals surface area contributed by atoms with Gasteiger partial charge in [0.1, 0.15) is 5.41 Å². The largest absolute Gasteiger partial charge is 0.376 e. The first-order valence-corrected chi connectivity index (χ1v) is 16.6. The predicted molar refractivity (Wildman–Crippen MR) is 174 cm³/mol. The van der Waals surface area contributed by atoms with E-state index in [1.165, 1.54) is 17.5 Å². The molecule has 0 bridgehead atoms. The van der Waals surface area contributed by atoms with Crippen molar-refractivity contribution >= 4 is 17.5 Å². The van der Waals surface area contributed by atoms with E-state index in [0.717, 1.165) is 93.0 Å². The van der Waals surface area contributed by atoms with Crippen molar-refractivity contribution in [3.05, 3.63) is 89.0 Å². The zero-order chi connectivity index (χ0) is 30.1. The number of fused-ring (bicyclic) bond motifs is 4. The van der Waals surface area contributed by atoms with Crippen molar-refractivity contribution in [3.8, 4) is 11.1 Å². The molecule has 1 aliphatic carbocycles. The molecule has 230 valence electrons. The van der Waals surface area contributed by atoms with E-state index < -0.39 is 5.41 Å². The number of nitrogens with one attached hydrogen (secondary N) is 1. The number of nitrogens with zero attached hydrogens (tertiary/aromatic N) is 3. The molecule has 0 saturated carbocycles. The SMILES string of the molecule is CCNC(=O)C1(CCCN2CCN(c3ccc4c(c3)C(=O)N(CC3CCCCO3)C4)CC2)c2ccccc2-c2ccccc21. The molecule has 0 spiro atoms. The molecule has 2 amide bonds. The summed E-state index contributed by atoms with van der Waals surface area (Å²) < 4.78 is 5.91. The van der Waals surface area contributed by atoms with E-state index in [-0.39, 0.29) is 17.9 Å². The van der Waals surface area contributed by atoms with E-state index in [4.69, 9.17) is 4.74 Å². The Labute approximate surface area is 261 Å². The van der Waals surface area contributed by atoms with Crippen molar-refractivity contribution in [2.45, 2.75) is 57.1 Å². The van der Waals surface area contributed by atoms with Crippen LogP contribution in [0.15, 0.2) is 66.7 Å². The van der Waals surface area contributed by atoms with E-state index in [2.05, 4.69) is 81.8 Å². The summed E-state index contributed by atoms with van der Waals surface area (Å²) in [6.45, 7) is 9.57. The molecular formula is C37H44N4O3. The van der Waals surface area contributed by atoms with Gasteiger partial charge in [0.2, 0.25) is 5.91 Å². The molecule has 3 aliphatic heterocycles. The van der Waals surface area contributed by atoms with E-state index in [1.54, 1.807) is 0 Å². The van der Waals surface area contributed by atoms with Gasteiger partial charge in [0.15, 0.2) is 0 Å². The fourth-order valence-corrected chi connectivity index (χ4v) is 7.95. The Morgan fingerprint density at radius 2 is 1.66 bits per heavy atom. The van der Waals surface area contributed by atoms with Crippen molar-refractivity contribution in [1.82, 2.24) is 15.1 Å². The molecule has 2 fully saturated rings. The number of hydrogen-bond donors (Lipinski definition) is 1. The quantitative estimate of drug-likeness (QED) is 0.369. The summed E-state index contributed by atoms with van der Waals surface area (Å²) in [6.07, 6.45) is 5.25. The first-order chi connectivity index (χ1) is 21.6. The van der Waals surface area contributed by atoms with Gasteiger partial charge in [0.25, 0.3) is 5.91 Å². The lowest BCUT2D eigenvalue weighted by Gasteiger charge is -2.37. The van der Waals surface area contributed by atoms with E-state index in [9.17, 15) is 9.59 Å². The number of likely N-dealkylation sites (N-methyl/N-ethyl adjacent to an activating group) is 1. The molecule has 3 aromatic rings.